The van der Waals surface area contributed by atoms with Crippen LogP contribution in [0.1, 0.15) is 19.3 Å². The molecule has 2 atom stereocenters. The van der Waals surface area contributed by atoms with Crippen molar-refractivity contribution < 1.29 is 19.4 Å². The van der Waals surface area contributed by atoms with Crippen LogP contribution in [0.2, 0.25) is 0 Å². The Labute approximate surface area is 100 Å². The molecule has 1 aliphatic rings. The van der Waals surface area contributed by atoms with Crippen molar-refractivity contribution in [2.24, 2.45) is 0 Å². The van der Waals surface area contributed by atoms with Gasteiger partial charge in [0, 0.05) is 13.2 Å². The lowest BCUT2D eigenvalue weighted by Crippen LogP contribution is -2.50. The zero-order valence-electron chi connectivity index (χ0n) is 9.65. The SMILES string of the molecule is C=C[C@@H]1OCCC[C@H]1NC(=O)NCCC(=O)O. The molecular formula is C11H18N2O4. The second kappa shape index (κ2) is 6.90. The molecule has 0 radical (unpaired) electrons. The van der Waals surface area contributed by atoms with E-state index in [0.29, 0.717) is 6.61 Å². The number of hydrogen-bond acceptors (Lipinski definition) is 3. The number of carboxylic acid groups (broad SMARTS) is 1. The van der Waals surface area contributed by atoms with Gasteiger partial charge >= 0.3 is 12.0 Å². The highest BCUT2D eigenvalue weighted by Gasteiger charge is 2.24. The van der Waals surface area contributed by atoms with Crippen LogP contribution in [0.15, 0.2) is 12.7 Å². The highest BCUT2D eigenvalue weighted by molar-refractivity contribution is 5.75. The summed E-state index contributed by atoms with van der Waals surface area (Å²) in [6.07, 6.45) is 3.14. The van der Waals surface area contributed by atoms with Gasteiger partial charge in [-0.1, -0.05) is 6.08 Å². The largest absolute Gasteiger partial charge is 0.481 e. The van der Waals surface area contributed by atoms with Gasteiger partial charge in [0.2, 0.25) is 0 Å². The lowest BCUT2D eigenvalue weighted by Gasteiger charge is -2.30. The summed E-state index contributed by atoms with van der Waals surface area (Å²) in [5, 5.41) is 13.7. The third-order valence-corrected chi connectivity index (χ3v) is 2.54. The van der Waals surface area contributed by atoms with Gasteiger partial charge in [-0.05, 0) is 12.8 Å². The first kappa shape index (κ1) is 13.5. The van der Waals surface area contributed by atoms with Crippen LogP contribution in [-0.2, 0) is 9.53 Å². The molecule has 1 rings (SSSR count). The molecule has 1 saturated heterocycles. The normalized spacial score (nSPS) is 23.8. The smallest absolute Gasteiger partial charge is 0.315 e. The first-order valence-electron chi connectivity index (χ1n) is 5.64. The second-order valence-electron chi connectivity index (χ2n) is 3.86. The number of carboxylic acids is 1. The van der Waals surface area contributed by atoms with Gasteiger partial charge in [0.25, 0.3) is 0 Å². The number of urea groups is 1. The lowest BCUT2D eigenvalue weighted by atomic mass is 10.0. The molecular weight excluding hydrogens is 224 g/mol. The molecule has 0 aromatic carbocycles. The van der Waals surface area contributed by atoms with Gasteiger partial charge in [-0.3, -0.25) is 4.79 Å². The monoisotopic (exact) mass is 242 g/mol. The summed E-state index contributed by atoms with van der Waals surface area (Å²) >= 11 is 0. The van der Waals surface area contributed by atoms with Gasteiger partial charge in [-0.25, -0.2) is 4.79 Å². The van der Waals surface area contributed by atoms with Crippen molar-refractivity contribution in [3.8, 4) is 0 Å². The maximum absolute atomic E-state index is 11.4. The summed E-state index contributed by atoms with van der Waals surface area (Å²) in [5.74, 6) is -0.935. The summed E-state index contributed by atoms with van der Waals surface area (Å²) in [7, 11) is 0. The van der Waals surface area contributed by atoms with E-state index >= 15 is 0 Å². The third-order valence-electron chi connectivity index (χ3n) is 2.54. The van der Waals surface area contributed by atoms with Crippen LogP contribution in [0.25, 0.3) is 0 Å². The number of carbonyl (C=O) groups excluding carboxylic acids is 1. The summed E-state index contributed by atoms with van der Waals surface area (Å²) in [6.45, 7) is 4.45. The van der Waals surface area contributed by atoms with Gasteiger partial charge in [-0.15, -0.1) is 6.58 Å². The average Bonchev–Trinajstić information content (AvgIpc) is 2.29. The minimum absolute atomic E-state index is 0.0839. The molecule has 1 aliphatic heterocycles. The highest BCUT2D eigenvalue weighted by Crippen LogP contribution is 2.14. The van der Waals surface area contributed by atoms with Crippen molar-refractivity contribution in [1.82, 2.24) is 10.6 Å². The fourth-order valence-corrected chi connectivity index (χ4v) is 1.69. The number of ether oxygens (including phenoxy) is 1. The van der Waals surface area contributed by atoms with Crippen LogP contribution in [0.4, 0.5) is 4.79 Å². The number of nitrogens with one attached hydrogen (secondary N) is 2. The van der Waals surface area contributed by atoms with Crippen molar-refractivity contribution in [2.45, 2.75) is 31.4 Å². The van der Waals surface area contributed by atoms with Gasteiger partial charge in [0.1, 0.15) is 0 Å². The fourth-order valence-electron chi connectivity index (χ4n) is 1.69. The maximum Gasteiger partial charge on any atom is 0.315 e. The number of hydrogen-bond donors (Lipinski definition) is 3. The topological polar surface area (TPSA) is 87.7 Å². The van der Waals surface area contributed by atoms with E-state index < -0.39 is 5.97 Å². The van der Waals surface area contributed by atoms with Gasteiger partial charge in [0.05, 0.1) is 18.6 Å². The Hall–Kier alpha value is -1.56. The van der Waals surface area contributed by atoms with E-state index in [0.717, 1.165) is 12.8 Å². The Morgan fingerprint density at radius 2 is 2.29 bits per heavy atom. The van der Waals surface area contributed by atoms with E-state index in [1.807, 2.05) is 0 Å². The molecule has 6 heteroatoms. The van der Waals surface area contributed by atoms with E-state index in [4.69, 9.17) is 9.84 Å². The first-order chi connectivity index (χ1) is 8.13. The highest BCUT2D eigenvalue weighted by atomic mass is 16.5. The molecule has 0 spiro atoms. The number of carbonyl (C=O) groups is 2. The van der Waals surface area contributed by atoms with Crippen LogP contribution < -0.4 is 10.6 Å². The van der Waals surface area contributed by atoms with Crippen molar-refractivity contribution in [3.05, 3.63) is 12.7 Å². The van der Waals surface area contributed by atoms with Crippen molar-refractivity contribution >= 4 is 12.0 Å². The number of amides is 2. The molecule has 0 aliphatic carbocycles. The van der Waals surface area contributed by atoms with Crippen LogP contribution in [0, 0.1) is 0 Å². The van der Waals surface area contributed by atoms with Gasteiger partial charge in [0.15, 0.2) is 0 Å². The zero-order chi connectivity index (χ0) is 12.7. The first-order valence-corrected chi connectivity index (χ1v) is 5.64. The second-order valence-corrected chi connectivity index (χ2v) is 3.86. The van der Waals surface area contributed by atoms with Crippen LogP contribution >= 0.6 is 0 Å². The molecule has 3 N–H and O–H groups in total. The van der Waals surface area contributed by atoms with Gasteiger partial charge < -0.3 is 20.5 Å². The van der Waals surface area contributed by atoms with Gasteiger partial charge in [-0.2, -0.15) is 0 Å². The van der Waals surface area contributed by atoms with E-state index in [-0.39, 0.29) is 31.1 Å². The quantitative estimate of drug-likeness (QED) is 0.612. The third kappa shape index (κ3) is 4.86. The van der Waals surface area contributed by atoms with Crippen molar-refractivity contribution in [1.29, 1.82) is 0 Å². The van der Waals surface area contributed by atoms with Crippen molar-refractivity contribution in [3.63, 3.8) is 0 Å². The molecule has 6 nitrogen and oxygen atoms in total. The van der Waals surface area contributed by atoms with E-state index in [1.165, 1.54) is 0 Å². The van der Waals surface area contributed by atoms with E-state index in [2.05, 4.69) is 17.2 Å². The molecule has 1 fully saturated rings. The van der Waals surface area contributed by atoms with E-state index in [1.54, 1.807) is 6.08 Å². The Kier molecular flexibility index (Phi) is 5.48. The van der Waals surface area contributed by atoms with Crippen molar-refractivity contribution in [2.75, 3.05) is 13.2 Å². The standard InChI is InChI=1S/C11H18N2O4/c1-2-9-8(4-3-7-17-9)13-11(16)12-6-5-10(14)15/h2,8-9H,1,3-7H2,(H,14,15)(H2,12,13,16)/t8-,9+/m1/s1. The van der Waals surface area contributed by atoms with E-state index in [9.17, 15) is 9.59 Å². The molecule has 1 heterocycles. The Balaban J connectivity index is 2.28. The summed E-state index contributed by atoms with van der Waals surface area (Å²) < 4.78 is 5.43. The minimum atomic E-state index is -0.935. The zero-order valence-corrected chi connectivity index (χ0v) is 9.65. The molecule has 17 heavy (non-hydrogen) atoms. The number of rotatable bonds is 5. The molecule has 2 amide bonds. The molecule has 96 valence electrons. The minimum Gasteiger partial charge on any atom is -0.481 e. The fraction of sp³-hybridized carbons (Fsp3) is 0.636. The number of aliphatic carboxylic acids is 1. The molecule has 0 aromatic heterocycles. The molecule has 0 unspecified atom stereocenters. The van der Waals surface area contributed by atoms with Crippen LogP contribution in [0.3, 0.4) is 0 Å². The summed E-state index contributed by atoms with van der Waals surface area (Å²) in [6, 6.07) is -0.459. The predicted octanol–water partition coefficient (Wildman–Crippen LogP) is 0.494. The summed E-state index contributed by atoms with van der Waals surface area (Å²) in [5.41, 5.74) is 0. The van der Waals surface area contributed by atoms with Crippen LogP contribution in [0.5, 0.6) is 0 Å². The summed E-state index contributed by atoms with van der Waals surface area (Å²) in [4.78, 5) is 21.7. The Morgan fingerprint density at radius 1 is 1.53 bits per heavy atom. The molecule has 0 saturated carbocycles. The average molecular weight is 242 g/mol. The Morgan fingerprint density at radius 3 is 2.94 bits per heavy atom. The van der Waals surface area contributed by atoms with Crippen LogP contribution in [-0.4, -0.2) is 42.4 Å². The molecule has 0 bridgehead atoms. The Bertz CT molecular complexity index is 293. The molecule has 0 aromatic rings. The lowest BCUT2D eigenvalue weighted by molar-refractivity contribution is -0.136. The predicted molar refractivity (Wildman–Crippen MR) is 61.7 cm³/mol. The maximum atomic E-state index is 11.4.